The van der Waals surface area contributed by atoms with Crippen molar-refractivity contribution in [3.05, 3.63) is 86.1 Å². The topological polar surface area (TPSA) is 121 Å². The van der Waals surface area contributed by atoms with E-state index in [1.54, 1.807) is 12.1 Å². The summed E-state index contributed by atoms with van der Waals surface area (Å²) in [6.07, 6.45) is -0.220. The molecule has 2 amide bonds. The molecule has 0 spiro atoms. The smallest absolute Gasteiger partial charge is 0.332 e. The lowest BCUT2D eigenvalue weighted by molar-refractivity contribution is -0.125. The van der Waals surface area contributed by atoms with Crippen LogP contribution in [0.3, 0.4) is 0 Å². The predicted molar refractivity (Wildman–Crippen MR) is 122 cm³/mol. The van der Waals surface area contributed by atoms with E-state index in [0.29, 0.717) is 11.5 Å². The van der Waals surface area contributed by atoms with Crippen molar-refractivity contribution < 1.29 is 19.1 Å². The third-order valence-corrected chi connectivity index (χ3v) is 5.98. The van der Waals surface area contributed by atoms with Crippen molar-refractivity contribution >= 4 is 17.6 Å². The molecule has 0 aliphatic carbocycles. The number of carbonyl (C=O) groups is 2. The van der Waals surface area contributed by atoms with E-state index in [2.05, 4.69) is 10.6 Å². The van der Waals surface area contributed by atoms with E-state index in [1.807, 2.05) is 36.4 Å². The van der Waals surface area contributed by atoms with Gasteiger partial charge in [-0.3, -0.25) is 23.5 Å². The van der Waals surface area contributed by atoms with Crippen molar-refractivity contribution in [1.82, 2.24) is 14.5 Å². The maximum absolute atomic E-state index is 12.9. The van der Waals surface area contributed by atoms with Crippen molar-refractivity contribution in [2.45, 2.75) is 25.4 Å². The van der Waals surface area contributed by atoms with E-state index in [4.69, 9.17) is 9.47 Å². The summed E-state index contributed by atoms with van der Waals surface area (Å²) in [5.41, 5.74) is 0.643. The van der Waals surface area contributed by atoms with E-state index in [0.717, 1.165) is 15.7 Å². The molecule has 0 saturated carbocycles. The Morgan fingerprint density at radius 1 is 1.06 bits per heavy atom. The van der Waals surface area contributed by atoms with Gasteiger partial charge in [0, 0.05) is 20.0 Å². The number of rotatable bonds is 6. The Morgan fingerprint density at radius 2 is 1.82 bits per heavy atom. The van der Waals surface area contributed by atoms with Crippen molar-refractivity contribution in [2.24, 2.45) is 7.05 Å². The van der Waals surface area contributed by atoms with Crippen LogP contribution in [0.25, 0.3) is 0 Å². The van der Waals surface area contributed by atoms with Crippen molar-refractivity contribution in [2.75, 3.05) is 12.1 Å². The van der Waals surface area contributed by atoms with Crippen molar-refractivity contribution in [3.8, 4) is 11.5 Å². The molecule has 10 heteroatoms. The molecule has 2 N–H and O–H groups in total. The minimum Gasteiger partial charge on any atom is -0.454 e. The van der Waals surface area contributed by atoms with Gasteiger partial charge in [-0.25, -0.2) is 4.79 Å². The average molecular weight is 462 g/mol. The molecule has 0 radical (unpaired) electrons. The maximum atomic E-state index is 12.9. The number of hydrogen-bond acceptors (Lipinski definition) is 6. The number of hydrogen-bond donors (Lipinski definition) is 2. The lowest BCUT2D eigenvalue weighted by atomic mass is 9.99. The molecule has 2 aromatic carbocycles. The second-order valence-electron chi connectivity index (χ2n) is 8.19. The number of carbonyl (C=O) groups excluding carboxylic acids is 2. The van der Waals surface area contributed by atoms with Crippen LogP contribution in [0.1, 0.15) is 29.0 Å². The van der Waals surface area contributed by atoms with Gasteiger partial charge in [0.25, 0.3) is 5.56 Å². The zero-order valence-electron chi connectivity index (χ0n) is 18.4. The van der Waals surface area contributed by atoms with E-state index >= 15 is 0 Å². The summed E-state index contributed by atoms with van der Waals surface area (Å²) in [6.45, 7) is 0.563. The summed E-state index contributed by atoms with van der Waals surface area (Å²) in [7, 11) is 1.37. The van der Waals surface area contributed by atoms with Gasteiger partial charge in [0.1, 0.15) is 5.82 Å². The first-order chi connectivity index (χ1) is 16.4. The molecule has 34 heavy (non-hydrogen) atoms. The van der Waals surface area contributed by atoms with Crippen LogP contribution in [-0.4, -0.2) is 27.7 Å². The summed E-state index contributed by atoms with van der Waals surface area (Å²) >= 11 is 0. The summed E-state index contributed by atoms with van der Waals surface area (Å²) in [6, 6.07) is 14.6. The van der Waals surface area contributed by atoms with E-state index < -0.39 is 29.0 Å². The number of aromatic nitrogens is 2. The highest BCUT2D eigenvalue weighted by molar-refractivity contribution is 6.04. The lowest BCUT2D eigenvalue weighted by Gasteiger charge is -2.14. The lowest BCUT2D eigenvalue weighted by Crippen LogP contribution is -2.40. The van der Waals surface area contributed by atoms with E-state index in [1.165, 1.54) is 11.6 Å². The molecule has 0 saturated heterocycles. The van der Waals surface area contributed by atoms with Gasteiger partial charge in [0.05, 0.1) is 18.0 Å². The Hall–Kier alpha value is -4.34. The van der Waals surface area contributed by atoms with E-state index in [9.17, 15) is 19.2 Å². The molecule has 1 aromatic heterocycles. The standard InChI is InChI=1S/C24H22N4O6/c1-27-23(31)20-16(10-19(29)25-11-15-7-8-17-18(9-15)34-13-33-17)22(30)26-21(20)28(24(27)32)12-14-5-3-2-4-6-14/h2-9,16H,10-13H2,1H3,(H,25,29)(H,26,30)/t16-/m0/s1. The largest absolute Gasteiger partial charge is 0.454 e. The van der Waals surface area contributed by atoms with Crippen LogP contribution < -0.4 is 31.4 Å². The molecule has 174 valence electrons. The molecule has 10 nitrogen and oxygen atoms in total. The van der Waals surface area contributed by atoms with Gasteiger partial charge >= 0.3 is 5.69 Å². The van der Waals surface area contributed by atoms with Gasteiger partial charge in [-0.05, 0) is 23.3 Å². The third kappa shape index (κ3) is 3.83. The summed E-state index contributed by atoms with van der Waals surface area (Å²) in [4.78, 5) is 51.2. The van der Waals surface area contributed by atoms with Crippen LogP contribution in [-0.2, 0) is 29.7 Å². The Kier molecular flexibility index (Phi) is 5.40. The van der Waals surface area contributed by atoms with Crippen LogP contribution in [0.5, 0.6) is 11.5 Å². The highest BCUT2D eigenvalue weighted by Gasteiger charge is 2.38. The molecule has 3 heterocycles. The van der Waals surface area contributed by atoms with Crippen LogP contribution in [0.4, 0.5) is 5.82 Å². The molecule has 0 bridgehead atoms. The average Bonchev–Trinajstić information content (AvgIpc) is 3.44. The third-order valence-electron chi connectivity index (χ3n) is 5.98. The van der Waals surface area contributed by atoms with Crippen LogP contribution in [0.2, 0.25) is 0 Å². The maximum Gasteiger partial charge on any atom is 0.332 e. The van der Waals surface area contributed by atoms with Gasteiger partial charge in [0.2, 0.25) is 18.6 Å². The van der Waals surface area contributed by atoms with Crippen molar-refractivity contribution in [1.29, 1.82) is 0 Å². The van der Waals surface area contributed by atoms with Gasteiger partial charge < -0.3 is 20.1 Å². The molecule has 2 aliphatic rings. The van der Waals surface area contributed by atoms with Crippen LogP contribution >= 0.6 is 0 Å². The van der Waals surface area contributed by atoms with Gasteiger partial charge in [0.15, 0.2) is 11.5 Å². The number of fused-ring (bicyclic) bond motifs is 2. The Morgan fingerprint density at radius 3 is 2.62 bits per heavy atom. The zero-order valence-corrected chi connectivity index (χ0v) is 18.4. The molecular weight excluding hydrogens is 440 g/mol. The molecule has 2 aliphatic heterocycles. The molecule has 1 atom stereocenters. The second-order valence-corrected chi connectivity index (χ2v) is 8.19. The fourth-order valence-electron chi connectivity index (χ4n) is 4.19. The molecular formula is C24H22N4O6. The molecule has 3 aromatic rings. The molecule has 0 fully saturated rings. The van der Waals surface area contributed by atoms with Crippen LogP contribution in [0, 0.1) is 0 Å². The summed E-state index contributed by atoms with van der Waals surface area (Å²) < 4.78 is 12.9. The predicted octanol–water partition coefficient (Wildman–Crippen LogP) is 1.07. The minimum absolute atomic E-state index is 0.126. The Bertz CT molecular complexity index is 1410. The fraction of sp³-hybridized carbons (Fsp3) is 0.250. The number of anilines is 1. The SMILES string of the molecule is Cn1c(=O)c2c(n(Cc3ccccc3)c1=O)NC(=O)[C@H]2CC(=O)NCc1ccc2c(c1)OCO2. The number of amides is 2. The molecule has 5 rings (SSSR count). The number of benzene rings is 2. The van der Waals surface area contributed by atoms with E-state index in [-0.39, 0.29) is 37.7 Å². The van der Waals surface area contributed by atoms with Gasteiger partial charge in [-0.1, -0.05) is 36.4 Å². The summed E-state index contributed by atoms with van der Waals surface area (Å²) in [5.74, 6) is -0.475. The number of nitrogens with zero attached hydrogens (tertiary/aromatic N) is 2. The second kappa shape index (κ2) is 8.54. The first-order valence-electron chi connectivity index (χ1n) is 10.8. The highest BCUT2D eigenvalue weighted by atomic mass is 16.7. The Balaban J connectivity index is 1.37. The first kappa shape index (κ1) is 21.5. The normalized spacial score (nSPS) is 15.7. The van der Waals surface area contributed by atoms with Crippen LogP contribution in [0.15, 0.2) is 58.1 Å². The quantitative estimate of drug-likeness (QED) is 0.565. The summed E-state index contributed by atoms with van der Waals surface area (Å²) in [5, 5.41) is 5.43. The monoisotopic (exact) mass is 462 g/mol. The highest BCUT2D eigenvalue weighted by Crippen LogP contribution is 2.33. The van der Waals surface area contributed by atoms with Gasteiger partial charge in [-0.2, -0.15) is 0 Å². The number of ether oxygens (including phenoxy) is 2. The molecule has 0 unspecified atom stereocenters. The van der Waals surface area contributed by atoms with Crippen molar-refractivity contribution in [3.63, 3.8) is 0 Å². The first-order valence-corrected chi connectivity index (χ1v) is 10.8. The van der Waals surface area contributed by atoms with Gasteiger partial charge in [-0.15, -0.1) is 0 Å². The minimum atomic E-state index is -0.993. The zero-order chi connectivity index (χ0) is 23.8. The Labute approximate surface area is 193 Å². The number of nitrogens with one attached hydrogen (secondary N) is 2. The fourth-order valence-corrected chi connectivity index (χ4v) is 4.19.